The van der Waals surface area contributed by atoms with Crippen LogP contribution in [0.15, 0.2) is 54.9 Å². The maximum absolute atomic E-state index is 13.7. The Balaban J connectivity index is 1.54. The molecule has 2 aliphatic rings. The van der Waals surface area contributed by atoms with Crippen LogP contribution < -0.4 is 0 Å². The molecular weight excluding hydrogens is 346 g/mol. The molecule has 0 saturated heterocycles. The Kier molecular flexibility index (Phi) is 4.08. The first-order chi connectivity index (χ1) is 13.6. The van der Waals surface area contributed by atoms with Crippen molar-refractivity contribution in [1.82, 2.24) is 14.5 Å². The number of carbonyl (C=O) groups is 1. The Morgan fingerprint density at radius 2 is 1.93 bits per heavy atom. The minimum absolute atomic E-state index is 0.174. The summed E-state index contributed by atoms with van der Waals surface area (Å²) in [6.45, 7) is 4.10. The van der Waals surface area contributed by atoms with Gasteiger partial charge in [0.2, 0.25) is 0 Å². The molecule has 3 aromatic rings. The van der Waals surface area contributed by atoms with E-state index in [4.69, 9.17) is 0 Å². The topological polar surface area (TPSA) is 38.1 Å². The summed E-state index contributed by atoms with van der Waals surface area (Å²) < 4.78 is 2.13. The molecule has 0 N–H and O–H groups in total. The van der Waals surface area contributed by atoms with E-state index in [9.17, 15) is 4.79 Å². The fourth-order valence-corrected chi connectivity index (χ4v) is 4.74. The maximum Gasteiger partial charge on any atom is 0.256 e. The van der Waals surface area contributed by atoms with Crippen molar-refractivity contribution < 1.29 is 4.79 Å². The van der Waals surface area contributed by atoms with Gasteiger partial charge in [0.25, 0.3) is 5.91 Å². The van der Waals surface area contributed by atoms with E-state index in [1.807, 2.05) is 31.3 Å². The molecule has 1 saturated carbocycles. The number of amides is 1. The van der Waals surface area contributed by atoms with Crippen LogP contribution in [0.1, 0.15) is 58.2 Å². The molecule has 1 amide bonds. The second-order valence-corrected chi connectivity index (χ2v) is 8.03. The number of benzene rings is 1. The highest BCUT2D eigenvalue weighted by atomic mass is 16.2. The van der Waals surface area contributed by atoms with Crippen LogP contribution in [0.3, 0.4) is 0 Å². The molecular formula is C24H25N3O. The molecule has 2 aromatic heterocycles. The highest BCUT2D eigenvalue weighted by Gasteiger charge is 2.41. The fourth-order valence-electron chi connectivity index (χ4n) is 4.74. The van der Waals surface area contributed by atoms with Gasteiger partial charge in [-0.1, -0.05) is 24.3 Å². The van der Waals surface area contributed by atoms with E-state index in [1.165, 1.54) is 11.1 Å². The molecule has 1 fully saturated rings. The summed E-state index contributed by atoms with van der Waals surface area (Å²) in [5, 5.41) is 0. The molecule has 4 heteroatoms. The van der Waals surface area contributed by atoms with Gasteiger partial charge in [-0.2, -0.15) is 0 Å². The first-order valence-electron chi connectivity index (χ1n) is 10.1. The molecule has 0 bridgehead atoms. The molecule has 0 radical (unpaired) electrons. The second-order valence-electron chi connectivity index (χ2n) is 8.03. The van der Waals surface area contributed by atoms with Crippen LogP contribution in [0.25, 0.3) is 5.69 Å². The van der Waals surface area contributed by atoms with Gasteiger partial charge >= 0.3 is 0 Å². The Morgan fingerprint density at radius 1 is 1.11 bits per heavy atom. The van der Waals surface area contributed by atoms with Crippen molar-refractivity contribution >= 4 is 5.91 Å². The summed E-state index contributed by atoms with van der Waals surface area (Å²) >= 11 is 0. The van der Waals surface area contributed by atoms with Crippen LogP contribution >= 0.6 is 0 Å². The zero-order chi connectivity index (χ0) is 19.3. The third kappa shape index (κ3) is 2.75. The summed E-state index contributed by atoms with van der Waals surface area (Å²) in [5.74, 6) is 0.174. The lowest BCUT2D eigenvalue weighted by Crippen LogP contribution is -2.36. The summed E-state index contributed by atoms with van der Waals surface area (Å²) in [4.78, 5) is 20.2. The number of nitrogens with zero attached hydrogens (tertiary/aromatic N) is 3. The van der Waals surface area contributed by atoms with E-state index >= 15 is 0 Å². The highest BCUT2D eigenvalue weighted by Crippen LogP contribution is 2.43. The van der Waals surface area contributed by atoms with Gasteiger partial charge in [0.1, 0.15) is 0 Å². The SMILES string of the molecule is Cc1cc(C(=O)N(C2CC2)C2CCc3ccccc32)c(C)n1-c1cccnc1. The average molecular weight is 371 g/mol. The van der Waals surface area contributed by atoms with Gasteiger partial charge in [0, 0.05) is 23.6 Å². The molecule has 142 valence electrons. The number of aryl methyl sites for hydroxylation is 2. The number of aromatic nitrogens is 2. The molecule has 2 heterocycles. The number of fused-ring (bicyclic) bond motifs is 1. The van der Waals surface area contributed by atoms with Crippen molar-refractivity contribution in [1.29, 1.82) is 0 Å². The molecule has 1 aromatic carbocycles. The molecule has 4 nitrogen and oxygen atoms in total. The average Bonchev–Trinajstić information content (AvgIpc) is 3.39. The van der Waals surface area contributed by atoms with Crippen LogP contribution in [0.2, 0.25) is 0 Å². The van der Waals surface area contributed by atoms with Gasteiger partial charge in [0.15, 0.2) is 0 Å². The van der Waals surface area contributed by atoms with E-state index in [1.54, 1.807) is 6.20 Å². The summed E-state index contributed by atoms with van der Waals surface area (Å²) in [7, 11) is 0. The normalized spacial score (nSPS) is 18.1. The molecule has 0 spiro atoms. The molecule has 5 rings (SSSR count). The van der Waals surface area contributed by atoms with Crippen molar-refractivity contribution in [3.8, 4) is 5.69 Å². The van der Waals surface area contributed by atoms with E-state index < -0.39 is 0 Å². The van der Waals surface area contributed by atoms with Gasteiger partial charge in [-0.3, -0.25) is 9.78 Å². The first-order valence-corrected chi connectivity index (χ1v) is 10.1. The maximum atomic E-state index is 13.7. The Labute approximate surface area is 165 Å². The van der Waals surface area contributed by atoms with Gasteiger partial charge in [-0.25, -0.2) is 0 Å². The lowest BCUT2D eigenvalue weighted by Gasteiger charge is -2.30. The number of rotatable bonds is 4. The third-order valence-electron chi connectivity index (χ3n) is 6.18. The van der Waals surface area contributed by atoms with Crippen LogP contribution in [0, 0.1) is 13.8 Å². The minimum atomic E-state index is 0.174. The third-order valence-corrected chi connectivity index (χ3v) is 6.18. The van der Waals surface area contributed by atoms with Crippen molar-refractivity contribution in [2.75, 3.05) is 0 Å². The van der Waals surface area contributed by atoms with Crippen LogP contribution in [-0.2, 0) is 6.42 Å². The Bertz CT molecular complexity index is 1030. The van der Waals surface area contributed by atoms with Crippen molar-refractivity contribution in [2.45, 2.75) is 51.6 Å². The molecule has 0 aliphatic heterocycles. The van der Waals surface area contributed by atoms with Gasteiger partial charge in [0.05, 0.1) is 23.5 Å². The molecule has 28 heavy (non-hydrogen) atoms. The zero-order valence-corrected chi connectivity index (χ0v) is 16.4. The standard InChI is InChI=1S/C24H25N3O/c1-16-14-22(17(2)26(16)20-7-5-13-25-15-20)24(28)27(19-10-11-19)23-12-9-18-6-3-4-8-21(18)23/h3-8,13-15,19,23H,9-12H2,1-2H3. The van der Waals surface area contributed by atoms with Gasteiger partial charge in [-0.15, -0.1) is 0 Å². The summed E-state index contributed by atoms with van der Waals surface area (Å²) in [5.41, 5.74) is 6.61. The number of carbonyl (C=O) groups excluding carboxylic acids is 1. The van der Waals surface area contributed by atoms with Gasteiger partial charge in [-0.05, 0) is 68.9 Å². The highest BCUT2D eigenvalue weighted by molar-refractivity contribution is 5.96. The summed E-state index contributed by atoms with van der Waals surface area (Å²) in [6, 6.07) is 15.2. The summed E-state index contributed by atoms with van der Waals surface area (Å²) in [6.07, 6.45) is 7.95. The number of hydrogen-bond acceptors (Lipinski definition) is 2. The fraction of sp³-hybridized carbons (Fsp3) is 0.333. The predicted octanol–water partition coefficient (Wildman–Crippen LogP) is 4.78. The van der Waals surface area contributed by atoms with E-state index in [0.29, 0.717) is 6.04 Å². The van der Waals surface area contributed by atoms with Gasteiger partial charge < -0.3 is 9.47 Å². The Hall–Kier alpha value is -2.88. The molecule has 2 aliphatic carbocycles. The van der Waals surface area contributed by atoms with Crippen LogP contribution in [0.5, 0.6) is 0 Å². The first kappa shape index (κ1) is 17.2. The monoisotopic (exact) mass is 371 g/mol. The number of pyridine rings is 1. The molecule has 1 atom stereocenters. The van der Waals surface area contributed by atoms with Crippen LogP contribution in [0.4, 0.5) is 0 Å². The number of hydrogen-bond donors (Lipinski definition) is 0. The smallest absolute Gasteiger partial charge is 0.256 e. The van der Waals surface area contributed by atoms with E-state index in [2.05, 4.69) is 45.6 Å². The zero-order valence-electron chi connectivity index (χ0n) is 16.4. The van der Waals surface area contributed by atoms with Crippen LogP contribution in [-0.4, -0.2) is 26.4 Å². The van der Waals surface area contributed by atoms with Crippen molar-refractivity contribution in [2.24, 2.45) is 0 Å². The van der Waals surface area contributed by atoms with Crippen molar-refractivity contribution in [3.63, 3.8) is 0 Å². The van der Waals surface area contributed by atoms with E-state index in [0.717, 1.165) is 48.3 Å². The minimum Gasteiger partial charge on any atom is -0.329 e. The quantitative estimate of drug-likeness (QED) is 0.662. The second kappa shape index (κ2) is 6.62. The lowest BCUT2D eigenvalue weighted by atomic mass is 10.1. The van der Waals surface area contributed by atoms with E-state index in [-0.39, 0.29) is 11.9 Å². The Morgan fingerprint density at radius 3 is 2.68 bits per heavy atom. The molecule has 1 unspecified atom stereocenters. The van der Waals surface area contributed by atoms with Crippen molar-refractivity contribution in [3.05, 3.63) is 82.9 Å². The lowest BCUT2D eigenvalue weighted by molar-refractivity contribution is 0.0657. The largest absolute Gasteiger partial charge is 0.329 e. The predicted molar refractivity (Wildman–Crippen MR) is 110 cm³/mol.